The van der Waals surface area contributed by atoms with E-state index in [4.69, 9.17) is 4.52 Å². The van der Waals surface area contributed by atoms with Gasteiger partial charge in [-0.1, -0.05) is 29.4 Å². The molecular formula is C17H22N4O2. The number of amides is 2. The minimum atomic E-state index is -0.00997. The van der Waals surface area contributed by atoms with Crippen molar-refractivity contribution < 1.29 is 9.32 Å². The summed E-state index contributed by atoms with van der Waals surface area (Å²) in [6.45, 7) is 7.41. The summed E-state index contributed by atoms with van der Waals surface area (Å²) in [6, 6.07) is 10.0. The fraction of sp³-hybridized carbons (Fsp3) is 0.412. The second-order valence-electron chi connectivity index (χ2n) is 5.86. The summed E-state index contributed by atoms with van der Waals surface area (Å²) in [4.78, 5) is 16.3. The predicted molar refractivity (Wildman–Crippen MR) is 88.4 cm³/mol. The summed E-state index contributed by atoms with van der Waals surface area (Å²) in [5, 5.41) is 7.03. The van der Waals surface area contributed by atoms with Crippen LogP contribution in [0.4, 0.5) is 10.6 Å². The molecule has 0 bridgehead atoms. The highest BCUT2D eigenvalue weighted by atomic mass is 16.5. The lowest BCUT2D eigenvalue weighted by Gasteiger charge is -2.34. The van der Waals surface area contributed by atoms with Gasteiger partial charge in [0.2, 0.25) is 0 Å². The van der Waals surface area contributed by atoms with E-state index in [2.05, 4.69) is 28.4 Å². The molecule has 2 amide bonds. The van der Waals surface area contributed by atoms with Gasteiger partial charge in [0.15, 0.2) is 5.82 Å². The van der Waals surface area contributed by atoms with Gasteiger partial charge in [-0.15, -0.1) is 0 Å². The smallest absolute Gasteiger partial charge is 0.317 e. The molecule has 0 saturated carbocycles. The lowest BCUT2D eigenvalue weighted by Crippen LogP contribution is -2.51. The number of benzene rings is 1. The van der Waals surface area contributed by atoms with Crippen molar-refractivity contribution in [3.63, 3.8) is 0 Å². The molecule has 1 aliphatic heterocycles. The Morgan fingerprint density at radius 1 is 1.22 bits per heavy atom. The van der Waals surface area contributed by atoms with Crippen molar-refractivity contribution >= 4 is 11.8 Å². The van der Waals surface area contributed by atoms with E-state index in [1.807, 2.05) is 36.1 Å². The molecule has 6 heteroatoms. The fourth-order valence-electron chi connectivity index (χ4n) is 2.73. The molecule has 1 aromatic carbocycles. The van der Waals surface area contributed by atoms with Crippen LogP contribution in [0.25, 0.3) is 0 Å². The van der Waals surface area contributed by atoms with Gasteiger partial charge in [0, 0.05) is 38.8 Å². The quantitative estimate of drug-likeness (QED) is 0.944. The Morgan fingerprint density at radius 3 is 2.61 bits per heavy atom. The molecule has 2 heterocycles. The predicted octanol–water partition coefficient (Wildman–Crippen LogP) is 2.32. The van der Waals surface area contributed by atoms with Crippen LogP contribution in [-0.4, -0.2) is 42.3 Å². The number of piperazine rings is 1. The number of hydrogen-bond acceptors (Lipinski definition) is 4. The van der Waals surface area contributed by atoms with Crippen LogP contribution in [0.3, 0.4) is 0 Å². The maximum absolute atomic E-state index is 12.3. The Labute approximate surface area is 136 Å². The molecule has 0 radical (unpaired) electrons. The van der Waals surface area contributed by atoms with Gasteiger partial charge in [-0.2, -0.15) is 0 Å². The highest BCUT2D eigenvalue weighted by Crippen LogP contribution is 2.16. The highest BCUT2D eigenvalue weighted by Gasteiger charge is 2.22. The maximum Gasteiger partial charge on any atom is 0.317 e. The first kappa shape index (κ1) is 15.4. The molecule has 0 unspecified atom stereocenters. The van der Waals surface area contributed by atoms with E-state index < -0.39 is 0 Å². The third kappa shape index (κ3) is 3.64. The standard InChI is InChI=1S/C17H22N4O2/c1-13-5-3-4-6-15(13)12-18-17(22)21-9-7-20(8-10-21)16-11-14(2)23-19-16/h3-6,11H,7-10,12H2,1-2H3,(H,18,22). The van der Waals surface area contributed by atoms with Crippen molar-refractivity contribution in [3.8, 4) is 0 Å². The number of rotatable bonds is 3. The van der Waals surface area contributed by atoms with Crippen LogP contribution >= 0.6 is 0 Å². The van der Waals surface area contributed by atoms with Crippen LogP contribution in [0, 0.1) is 13.8 Å². The summed E-state index contributed by atoms with van der Waals surface area (Å²) < 4.78 is 5.11. The first-order valence-electron chi connectivity index (χ1n) is 7.89. The number of nitrogens with one attached hydrogen (secondary N) is 1. The van der Waals surface area contributed by atoms with Gasteiger partial charge >= 0.3 is 6.03 Å². The average Bonchev–Trinajstić information content (AvgIpc) is 3.00. The van der Waals surface area contributed by atoms with Crippen LogP contribution in [-0.2, 0) is 6.54 Å². The molecule has 1 fully saturated rings. The molecule has 2 aromatic rings. The van der Waals surface area contributed by atoms with E-state index in [1.54, 1.807) is 0 Å². The summed E-state index contributed by atoms with van der Waals surface area (Å²) in [7, 11) is 0. The van der Waals surface area contributed by atoms with E-state index in [0.29, 0.717) is 19.6 Å². The molecule has 1 aromatic heterocycles. The molecule has 1 aliphatic rings. The first-order valence-corrected chi connectivity index (χ1v) is 7.89. The van der Waals surface area contributed by atoms with Gasteiger partial charge < -0.3 is 19.6 Å². The van der Waals surface area contributed by atoms with Crippen molar-refractivity contribution in [1.82, 2.24) is 15.4 Å². The van der Waals surface area contributed by atoms with Crippen molar-refractivity contribution in [3.05, 3.63) is 47.2 Å². The van der Waals surface area contributed by atoms with Crippen molar-refractivity contribution in [2.45, 2.75) is 20.4 Å². The molecule has 1 saturated heterocycles. The SMILES string of the molecule is Cc1cc(N2CCN(C(=O)NCc3ccccc3C)CC2)no1. The van der Waals surface area contributed by atoms with E-state index in [-0.39, 0.29) is 6.03 Å². The van der Waals surface area contributed by atoms with Gasteiger partial charge in [-0.05, 0) is 25.0 Å². The van der Waals surface area contributed by atoms with Crippen LogP contribution in [0.1, 0.15) is 16.9 Å². The topological polar surface area (TPSA) is 61.6 Å². The Morgan fingerprint density at radius 2 is 1.96 bits per heavy atom. The molecule has 3 rings (SSSR count). The molecule has 0 aliphatic carbocycles. The zero-order chi connectivity index (χ0) is 16.2. The Hall–Kier alpha value is -2.50. The lowest BCUT2D eigenvalue weighted by molar-refractivity contribution is 0.193. The van der Waals surface area contributed by atoms with Gasteiger partial charge in [-0.25, -0.2) is 4.79 Å². The third-order valence-corrected chi connectivity index (χ3v) is 4.20. The van der Waals surface area contributed by atoms with Gasteiger partial charge in [-0.3, -0.25) is 0 Å². The molecule has 1 N–H and O–H groups in total. The number of carbonyl (C=O) groups excluding carboxylic acids is 1. The summed E-state index contributed by atoms with van der Waals surface area (Å²) >= 11 is 0. The summed E-state index contributed by atoms with van der Waals surface area (Å²) in [6.07, 6.45) is 0. The van der Waals surface area contributed by atoms with Crippen molar-refractivity contribution in [2.75, 3.05) is 31.1 Å². The van der Waals surface area contributed by atoms with Crippen molar-refractivity contribution in [1.29, 1.82) is 0 Å². The van der Waals surface area contributed by atoms with E-state index >= 15 is 0 Å². The van der Waals surface area contributed by atoms with Crippen LogP contribution in [0.15, 0.2) is 34.9 Å². The number of urea groups is 1. The molecule has 122 valence electrons. The van der Waals surface area contributed by atoms with Gasteiger partial charge in [0.1, 0.15) is 5.76 Å². The average molecular weight is 314 g/mol. The first-order chi connectivity index (χ1) is 11.1. The number of anilines is 1. The zero-order valence-electron chi connectivity index (χ0n) is 13.6. The zero-order valence-corrected chi connectivity index (χ0v) is 13.6. The summed E-state index contributed by atoms with van der Waals surface area (Å²) in [5.41, 5.74) is 2.34. The van der Waals surface area contributed by atoms with Crippen LogP contribution < -0.4 is 10.2 Å². The molecular weight excluding hydrogens is 292 g/mol. The number of nitrogens with zero attached hydrogens (tertiary/aromatic N) is 3. The number of aromatic nitrogens is 1. The van der Waals surface area contributed by atoms with Crippen LogP contribution in [0.2, 0.25) is 0 Å². The summed E-state index contributed by atoms with van der Waals surface area (Å²) in [5.74, 6) is 1.65. The van der Waals surface area contributed by atoms with E-state index in [1.165, 1.54) is 5.56 Å². The molecule has 0 spiro atoms. The second kappa shape index (κ2) is 6.73. The maximum atomic E-state index is 12.3. The Balaban J connectivity index is 1.49. The van der Waals surface area contributed by atoms with E-state index in [0.717, 1.165) is 30.2 Å². The van der Waals surface area contributed by atoms with Crippen LogP contribution in [0.5, 0.6) is 0 Å². The molecule has 23 heavy (non-hydrogen) atoms. The largest absolute Gasteiger partial charge is 0.360 e. The van der Waals surface area contributed by atoms with E-state index in [9.17, 15) is 4.79 Å². The minimum Gasteiger partial charge on any atom is -0.360 e. The number of aryl methyl sites for hydroxylation is 2. The third-order valence-electron chi connectivity index (χ3n) is 4.20. The molecule has 0 atom stereocenters. The normalized spacial score (nSPS) is 14.9. The number of hydrogen-bond donors (Lipinski definition) is 1. The highest BCUT2D eigenvalue weighted by molar-refractivity contribution is 5.74. The van der Waals surface area contributed by atoms with Crippen molar-refractivity contribution in [2.24, 2.45) is 0 Å². The molecule has 6 nitrogen and oxygen atoms in total. The Bertz CT molecular complexity index is 675. The second-order valence-corrected chi connectivity index (χ2v) is 5.86. The van der Waals surface area contributed by atoms with Gasteiger partial charge in [0.25, 0.3) is 0 Å². The Kier molecular flexibility index (Phi) is 4.50. The fourth-order valence-corrected chi connectivity index (χ4v) is 2.73. The number of carbonyl (C=O) groups is 1. The lowest BCUT2D eigenvalue weighted by atomic mass is 10.1. The minimum absolute atomic E-state index is 0.00997. The monoisotopic (exact) mass is 314 g/mol. The van der Waals surface area contributed by atoms with Gasteiger partial charge in [0.05, 0.1) is 0 Å².